The summed E-state index contributed by atoms with van der Waals surface area (Å²) in [6.07, 6.45) is -0.377. The van der Waals surface area contributed by atoms with E-state index in [9.17, 15) is 14.7 Å². The van der Waals surface area contributed by atoms with Crippen molar-refractivity contribution in [2.45, 2.75) is 18.9 Å². The number of ketones is 1. The van der Waals surface area contributed by atoms with Crippen molar-refractivity contribution in [1.29, 1.82) is 0 Å². The zero-order chi connectivity index (χ0) is 18.2. The van der Waals surface area contributed by atoms with Gasteiger partial charge in [-0.3, -0.25) is 9.59 Å². The molecular formula is C19H19NO5. The second-order valence-corrected chi connectivity index (χ2v) is 6.03. The number of carbonyl (C=O) groups is 2. The average molecular weight is 341 g/mol. The van der Waals surface area contributed by atoms with Gasteiger partial charge in [-0.05, 0) is 25.1 Å². The van der Waals surface area contributed by atoms with E-state index in [4.69, 9.17) is 9.47 Å². The van der Waals surface area contributed by atoms with E-state index in [0.29, 0.717) is 22.7 Å². The van der Waals surface area contributed by atoms with Crippen molar-refractivity contribution in [2.75, 3.05) is 19.5 Å². The molecule has 1 heterocycles. The Kier molecular flexibility index (Phi) is 4.22. The minimum atomic E-state index is -1.90. The van der Waals surface area contributed by atoms with Gasteiger partial charge in [0, 0.05) is 17.3 Å². The summed E-state index contributed by atoms with van der Waals surface area (Å²) in [7, 11) is 2.96. The highest BCUT2D eigenvalue weighted by Gasteiger charge is 2.47. The molecule has 6 nitrogen and oxygen atoms in total. The van der Waals surface area contributed by atoms with Crippen molar-refractivity contribution in [3.63, 3.8) is 0 Å². The zero-order valence-electron chi connectivity index (χ0n) is 14.3. The number of aliphatic hydroxyl groups is 1. The molecule has 0 spiro atoms. The van der Waals surface area contributed by atoms with Crippen molar-refractivity contribution < 1.29 is 24.2 Å². The molecule has 0 saturated carbocycles. The summed E-state index contributed by atoms with van der Waals surface area (Å²) in [6.45, 7) is 1.86. The van der Waals surface area contributed by atoms with Crippen LogP contribution in [0.1, 0.15) is 27.9 Å². The molecule has 0 radical (unpaired) electrons. The number of amides is 1. The summed E-state index contributed by atoms with van der Waals surface area (Å²) in [5, 5.41) is 13.6. The highest BCUT2D eigenvalue weighted by atomic mass is 16.5. The zero-order valence-corrected chi connectivity index (χ0v) is 14.3. The van der Waals surface area contributed by atoms with Gasteiger partial charge in [-0.15, -0.1) is 0 Å². The maximum atomic E-state index is 12.8. The summed E-state index contributed by atoms with van der Waals surface area (Å²) < 4.78 is 10.4. The number of benzene rings is 2. The van der Waals surface area contributed by atoms with Gasteiger partial charge in [-0.2, -0.15) is 0 Å². The number of ether oxygens (including phenoxy) is 2. The first kappa shape index (κ1) is 17.0. The molecule has 0 unspecified atom stereocenters. The molecule has 1 aliphatic rings. The van der Waals surface area contributed by atoms with Gasteiger partial charge >= 0.3 is 0 Å². The number of aryl methyl sites for hydroxylation is 1. The molecule has 1 amide bonds. The van der Waals surface area contributed by atoms with Gasteiger partial charge in [0.25, 0.3) is 5.91 Å². The Bertz CT molecular complexity index is 861. The van der Waals surface area contributed by atoms with Crippen LogP contribution < -0.4 is 14.8 Å². The van der Waals surface area contributed by atoms with E-state index in [-0.39, 0.29) is 12.0 Å². The van der Waals surface area contributed by atoms with Gasteiger partial charge in [0.2, 0.25) is 0 Å². The second-order valence-electron chi connectivity index (χ2n) is 6.03. The molecule has 130 valence electrons. The Morgan fingerprint density at radius 1 is 1.16 bits per heavy atom. The predicted octanol–water partition coefficient (Wildman–Crippen LogP) is 2.42. The summed E-state index contributed by atoms with van der Waals surface area (Å²) >= 11 is 0. The largest absolute Gasteiger partial charge is 0.497 e. The number of rotatable bonds is 5. The van der Waals surface area contributed by atoms with Gasteiger partial charge < -0.3 is 19.9 Å². The third-order valence-corrected chi connectivity index (χ3v) is 4.37. The third-order valence-electron chi connectivity index (χ3n) is 4.37. The predicted molar refractivity (Wildman–Crippen MR) is 92.2 cm³/mol. The second kappa shape index (κ2) is 6.22. The Morgan fingerprint density at radius 3 is 2.60 bits per heavy atom. The number of methoxy groups -OCH3 is 2. The maximum Gasteiger partial charge on any atom is 0.261 e. The normalized spacial score (nSPS) is 18.5. The summed E-state index contributed by atoms with van der Waals surface area (Å²) in [4.78, 5) is 25.1. The van der Waals surface area contributed by atoms with Gasteiger partial charge in [-0.1, -0.05) is 17.7 Å². The number of nitrogens with one attached hydrogen (secondary N) is 1. The van der Waals surface area contributed by atoms with Crippen LogP contribution in [0, 0.1) is 6.92 Å². The molecule has 2 aromatic rings. The van der Waals surface area contributed by atoms with E-state index in [2.05, 4.69) is 5.32 Å². The number of Topliss-reactive ketones (excluding diaryl/α,β-unsaturated/α-hetero) is 1. The molecule has 2 aromatic carbocycles. The number of carbonyl (C=O) groups excluding carboxylic acids is 2. The molecule has 1 aliphatic heterocycles. The Balaban J connectivity index is 1.96. The Hall–Kier alpha value is -2.86. The lowest BCUT2D eigenvalue weighted by atomic mass is 9.87. The van der Waals surface area contributed by atoms with Crippen LogP contribution in [0.2, 0.25) is 0 Å². The Labute approximate surface area is 145 Å². The van der Waals surface area contributed by atoms with E-state index in [1.165, 1.54) is 14.2 Å². The molecule has 0 aliphatic carbocycles. The SMILES string of the molecule is COc1ccc(C(=O)C[C@]2(O)C(=O)Nc3ccc(C)cc32)c(OC)c1. The van der Waals surface area contributed by atoms with Gasteiger partial charge in [0.05, 0.1) is 26.2 Å². The fourth-order valence-corrected chi connectivity index (χ4v) is 2.99. The molecule has 3 rings (SSSR count). The first-order valence-corrected chi connectivity index (χ1v) is 7.79. The van der Waals surface area contributed by atoms with Crippen LogP contribution in [0.5, 0.6) is 11.5 Å². The monoisotopic (exact) mass is 341 g/mol. The molecule has 0 fully saturated rings. The van der Waals surface area contributed by atoms with Gasteiger partial charge in [0.15, 0.2) is 11.4 Å². The van der Waals surface area contributed by atoms with E-state index in [1.54, 1.807) is 30.3 Å². The minimum Gasteiger partial charge on any atom is -0.497 e. The molecule has 0 saturated heterocycles. The highest BCUT2D eigenvalue weighted by molar-refractivity contribution is 6.10. The summed E-state index contributed by atoms with van der Waals surface area (Å²) in [5.74, 6) is -0.122. The molecule has 1 atom stereocenters. The number of anilines is 1. The van der Waals surface area contributed by atoms with Crippen LogP contribution >= 0.6 is 0 Å². The van der Waals surface area contributed by atoms with Gasteiger partial charge in [-0.25, -0.2) is 0 Å². The van der Waals surface area contributed by atoms with Crippen LogP contribution in [0.25, 0.3) is 0 Å². The van der Waals surface area contributed by atoms with E-state index in [0.717, 1.165) is 5.56 Å². The van der Waals surface area contributed by atoms with Crippen molar-refractivity contribution in [3.05, 3.63) is 53.1 Å². The minimum absolute atomic E-state index is 0.283. The number of fused-ring (bicyclic) bond motifs is 1. The maximum absolute atomic E-state index is 12.8. The molecule has 25 heavy (non-hydrogen) atoms. The number of hydrogen-bond acceptors (Lipinski definition) is 5. The number of hydrogen-bond donors (Lipinski definition) is 2. The highest BCUT2D eigenvalue weighted by Crippen LogP contribution is 2.40. The third kappa shape index (κ3) is 2.85. The smallest absolute Gasteiger partial charge is 0.261 e. The lowest BCUT2D eigenvalue weighted by molar-refractivity contribution is -0.133. The summed E-state index contributed by atoms with van der Waals surface area (Å²) in [5.41, 5.74) is 0.211. The van der Waals surface area contributed by atoms with Crippen LogP contribution in [0.3, 0.4) is 0 Å². The van der Waals surface area contributed by atoms with E-state index >= 15 is 0 Å². The molecule has 6 heteroatoms. The van der Waals surface area contributed by atoms with Crippen molar-refractivity contribution in [1.82, 2.24) is 0 Å². The standard InChI is InChI=1S/C19H19NO5/c1-11-4-7-15-14(8-11)19(23,18(22)20-15)10-16(21)13-6-5-12(24-2)9-17(13)25-3/h4-9,23H,10H2,1-3H3,(H,20,22)/t19-/m1/s1. The molecule has 0 aromatic heterocycles. The van der Waals surface area contributed by atoms with Crippen molar-refractivity contribution in [3.8, 4) is 11.5 Å². The molecular weight excluding hydrogens is 322 g/mol. The quantitative estimate of drug-likeness (QED) is 0.816. The van der Waals surface area contributed by atoms with E-state index < -0.39 is 17.3 Å². The lowest BCUT2D eigenvalue weighted by Gasteiger charge is -2.21. The van der Waals surface area contributed by atoms with Gasteiger partial charge in [0.1, 0.15) is 11.5 Å². The topological polar surface area (TPSA) is 84.9 Å². The first-order valence-electron chi connectivity index (χ1n) is 7.79. The van der Waals surface area contributed by atoms with Crippen LogP contribution in [-0.2, 0) is 10.4 Å². The molecule has 2 N–H and O–H groups in total. The van der Waals surface area contributed by atoms with Crippen LogP contribution in [0.4, 0.5) is 5.69 Å². The fraction of sp³-hybridized carbons (Fsp3) is 0.263. The first-order chi connectivity index (χ1) is 11.9. The van der Waals surface area contributed by atoms with Crippen LogP contribution in [0.15, 0.2) is 36.4 Å². The Morgan fingerprint density at radius 2 is 1.92 bits per heavy atom. The van der Waals surface area contributed by atoms with Crippen LogP contribution in [-0.4, -0.2) is 31.0 Å². The lowest BCUT2D eigenvalue weighted by Crippen LogP contribution is -2.36. The summed E-state index contributed by atoms with van der Waals surface area (Å²) in [6, 6.07) is 10.0. The van der Waals surface area contributed by atoms with Crippen molar-refractivity contribution in [2.24, 2.45) is 0 Å². The molecule has 0 bridgehead atoms. The average Bonchev–Trinajstić information content (AvgIpc) is 2.84. The fourth-order valence-electron chi connectivity index (χ4n) is 2.99. The van der Waals surface area contributed by atoms with E-state index in [1.807, 2.05) is 13.0 Å². The van der Waals surface area contributed by atoms with Crippen molar-refractivity contribution >= 4 is 17.4 Å².